The number of carbonyl (C=O) groups is 2. The van der Waals surface area contributed by atoms with Crippen molar-refractivity contribution in [3.63, 3.8) is 0 Å². The van der Waals surface area contributed by atoms with Crippen LogP contribution in [-0.4, -0.2) is 35.1 Å². The van der Waals surface area contributed by atoms with Crippen molar-refractivity contribution in [3.05, 3.63) is 0 Å². The van der Waals surface area contributed by atoms with E-state index >= 15 is 0 Å². The van der Waals surface area contributed by atoms with Gasteiger partial charge in [0, 0.05) is 31.6 Å². The van der Waals surface area contributed by atoms with E-state index in [-0.39, 0.29) is 46.8 Å². The van der Waals surface area contributed by atoms with Crippen LogP contribution in [0, 0.1) is 40.4 Å². The van der Waals surface area contributed by atoms with E-state index in [2.05, 4.69) is 19.0 Å². The number of carbonyl (C=O) groups excluding carboxylic acids is 2. The lowest BCUT2D eigenvalue weighted by molar-refractivity contribution is -0.153. The van der Waals surface area contributed by atoms with Gasteiger partial charge in [0.1, 0.15) is 12.2 Å². The van der Waals surface area contributed by atoms with E-state index < -0.39 is 0 Å². The van der Waals surface area contributed by atoms with Crippen LogP contribution in [0.3, 0.4) is 0 Å². The summed E-state index contributed by atoms with van der Waals surface area (Å²) in [5, 5.41) is 14.1. The Morgan fingerprint density at radius 1 is 1.03 bits per heavy atom. The van der Waals surface area contributed by atoms with Gasteiger partial charge < -0.3 is 14.7 Å². The molecule has 4 saturated carbocycles. The maximum Gasteiger partial charge on any atom is 0.302 e. The van der Waals surface area contributed by atoms with Crippen LogP contribution >= 0.6 is 0 Å². The van der Waals surface area contributed by atoms with Crippen LogP contribution in [0.4, 0.5) is 0 Å². The Morgan fingerprint density at radius 2 is 1.70 bits per heavy atom. The highest BCUT2D eigenvalue weighted by Gasteiger charge is 2.66. The van der Waals surface area contributed by atoms with Crippen LogP contribution in [0.25, 0.3) is 0 Å². The lowest BCUT2D eigenvalue weighted by atomic mass is 9.54. The minimum Gasteiger partial charge on any atom is -0.463 e. The molecule has 0 bridgehead atoms. The first-order valence-corrected chi connectivity index (χ1v) is 11.7. The largest absolute Gasteiger partial charge is 0.463 e. The standard InChI is InChI=1S/C24H37NO5/c1-13(29-14(2)26)17-6-7-18-21-19(9-11-23(17,18)4)24(5)10-8-16(30-15(3)27)12-20(24)22(21)25-28/h13,16-21,28H,6-12H2,1-5H3/b25-22+/t13-,16+,17-,18+,19+,20-,21+,23-,24-/m1/s1. The van der Waals surface area contributed by atoms with Crippen LogP contribution in [0.1, 0.15) is 79.6 Å². The van der Waals surface area contributed by atoms with Crippen molar-refractivity contribution in [3.8, 4) is 0 Å². The lowest BCUT2D eigenvalue weighted by Gasteiger charge is -2.50. The van der Waals surface area contributed by atoms with Gasteiger partial charge in [-0.2, -0.15) is 0 Å². The summed E-state index contributed by atoms with van der Waals surface area (Å²) in [6.07, 6.45) is 6.88. The van der Waals surface area contributed by atoms with Crippen molar-refractivity contribution < 1.29 is 24.3 Å². The SMILES string of the molecule is CC(=O)O[C@H]1CC[C@@]2(C)[C@H](C1)/C(=N\O)[C@@H]1[C@@H]2CC[C@]2(C)[C@@H]([C@@H](C)OC(C)=O)CC[C@@H]12. The summed E-state index contributed by atoms with van der Waals surface area (Å²) in [7, 11) is 0. The van der Waals surface area contributed by atoms with E-state index in [4.69, 9.17) is 9.47 Å². The summed E-state index contributed by atoms with van der Waals surface area (Å²) in [5.41, 5.74) is 1.13. The van der Waals surface area contributed by atoms with Crippen LogP contribution in [-0.2, 0) is 19.1 Å². The molecule has 4 rings (SSSR count). The van der Waals surface area contributed by atoms with Crippen LogP contribution in [0.15, 0.2) is 5.16 Å². The summed E-state index contributed by atoms with van der Waals surface area (Å²) < 4.78 is 11.2. The monoisotopic (exact) mass is 419 g/mol. The Kier molecular flexibility index (Phi) is 5.43. The molecule has 0 aromatic rings. The Morgan fingerprint density at radius 3 is 2.33 bits per heavy atom. The van der Waals surface area contributed by atoms with E-state index in [1.807, 2.05) is 6.92 Å². The van der Waals surface area contributed by atoms with Gasteiger partial charge >= 0.3 is 11.9 Å². The molecule has 0 unspecified atom stereocenters. The van der Waals surface area contributed by atoms with Gasteiger partial charge in [-0.15, -0.1) is 0 Å². The fraction of sp³-hybridized carbons (Fsp3) is 0.875. The van der Waals surface area contributed by atoms with Crippen LogP contribution in [0.2, 0.25) is 0 Å². The first-order valence-electron chi connectivity index (χ1n) is 11.7. The predicted octanol–water partition coefficient (Wildman–Crippen LogP) is 4.58. The molecule has 4 fully saturated rings. The van der Waals surface area contributed by atoms with Gasteiger partial charge in [0.25, 0.3) is 0 Å². The minimum absolute atomic E-state index is 0.0795. The normalized spacial score (nSPS) is 47.2. The predicted molar refractivity (Wildman–Crippen MR) is 112 cm³/mol. The molecule has 0 amide bonds. The number of fused-ring (bicyclic) bond motifs is 5. The summed E-state index contributed by atoms with van der Waals surface area (Å²) in [6, 6.07) is 0. The van der Waals surface area contributed by atoms with E-state index in [0.29, 0.717) is 17.8 Å². The highest BCUT2D eigenvalue weighted by Crippen LogP contribution is 2.69. The maximum atomic E-state index is 11.6. The van der Waals surface area contributed by atoms with E-state index in [1.165, 1.54) is 13.8 Å². The summed E-state index contributed by atoms with van der Waals surface area (Å²) >= 11 is 0. The zero-order valence-electron chi connectivity index (χ0n) is 19.0. The average Bonchev–Trinajstić information content (AvgIpc) is 3.12. The number of hydrogen-bond acceptors (Lipinski definition) is 6. The number of ether oxygens (including phenoxy) is 2. The molecule has 6 heteroatoms. The molecule has 30 heavy (non-hydrogen) atoms. The molecule has 4 aliphatic carbocycles. The fourth-order valence-corrected chi connectivity index (χ4v) is 8.36. The van der Waals surface area contributed by atoms with Crippen molar-refractivity contribution in [1.29, 1.82) is 0 Å². The molecule has 168 valence electrons. The Bertz CT molecular complexity index is 750. The third-order valence-electron chi connectivity index (χ3n) is 9.56. The van der Waals surface area contributed by atoms with Gasteiger partial charge in [0.2, 0.25) is 0 Å². The van der Waals surface area contributed by atoms with Gasteiger partial charge in [0.05, 0.1) is 5.71 Å². The van der Waals surface area contributed by atoms with Gasteiger partial charge in [-0.25, -0.2) is 0 Å². The average molecular weight is 420 g/mol. The van der Waals surface area contributed by atoms with Crippen molar-refractivity contribution in [1.82, 2.24) is 0 Å². The molecular weight excluding hydrogens is 382 g/mol. The molecule has 0 spiro atoms. The second kappa shape index (κ2) is 7.52. The molecule has 6 nitrogen and oxygen atoms in total. The molecular formula is C24H37NO5. The van der Waals surface area contributed by atoms with Gasteiger partial charge in [-0.3, -0.25) is 9.59 Å². The third-order valence-corrected chi connectivity index (χ3v) is 9.56. The molecule has 9 atom stereocenters. The summed E-state index contributed by atoms with van der Waals surface area (Å²) in [4.78, 5) is 23.1. The number of esters is 2. The zero-order valence-corrected chi connectivity index (χ0v) is 19.0. The van der Waals surface area contributed by atoms with Crippen molar-refractivity contribution in [2.45, 2.75) is 91.8 Å². The first-order chi connectivity index (χ1) is 14.1. The molecule has 0 saturated heterocycles. The zero-order chi connectivity index (χ0) is 21.8. The Labute approximate surface area is 179 Å². The number of nitrogens with zero attached hydrogens (tertiary/aromatic N) is 1. The fourth-order valence-electron chi connectivity index (χ4n) is 8.36. The van der Waals surface area contributed by atoms with Gasteiger partial charge in [-0.05, 0) is 74.5 Å². The minimum atomic E-state index is -0.229. The number of oxime groups is 1. The van der Waals surface area contributed by atoms with Crippen molar-refractivity contribution in [2.24, 2.45) is 45.6 Å². The number of hydrogen-bond donors (Lipinski definition) is 1. The molecule has 1 N–H and O–H groups in total. The van der Waals surface area contributed by atoms with Crippen LogP contribution in [0.5, 0.6) is 0 Å². The highest BCUT2D eigenvalue weighted by atomic mass is 16.5. The summed E-state index contributed by atoms with van der Waals surface area (Å²) in [6.45, 7) is 9.73. The molecule has 0 aromatic carbocycles. The quantitative estimate of drug-likeness (QED) is 0.411. The third kappa shape index (κ3) is 3.16. The highest BCUT2D eigenvalue weighted by molar-refractivity contribution is 5.92. The van der Waals surface area contributed by atoms with E-state index in [1.54, 1.807) is 0 Å². The molecule has 0 radical (unpaired) electrons. The Hall–Kier alpha value is -1.59. The summed E-state index contributed by atoms with van der Waals surface area (Å²) in [5.74, 6) is 1.30. The topological polar surface area (TPSA) is 85.2 Å². The second-order valence-corrected chi connectivity index (χ2v) is 10.9. The number of rotatable bonds is 3. The second-order valence-electron chi connectivity index (χ2n) is 10.9. The van der Waals surface area contributed by atoms with Crippen molar-refractivity contribution >= 4 is 17.7 Å². The smallest absolute Gasteiger partial charge is 0.302 e. The molecule has 0 aromatic heterocycles. The molecule has 0 aliphatic heterocycles. The van der Waals surface area contributed by atoms with Crippen molar-refractivity contribution in [2.75, 3.05) is 0 Å². The first kappa shape index (κ1) is 21.6. The van der Waals surface area contributed by atoms with E-state index in [0.717, 1.165) is 50.7 Å². The maximum absolute atomic E-state index is 11.6. The van der Waals surface area contributed by atoms with Gasteiger partial charge in [0.15, 0.2) is 0 Å². The van der Waals surface area contributed by atoms with Gasteiger partial charge in [-0.1, -0.05) is 19.0 Å². The molecule has 0 heterocycles. The van der Waals surface area contributed by atoms with E-state index in [9.17, 15) is 14.8 Å². The lowest BCUT2D eigenvalue weighted by Crippen LogP contribution is -2.46. The molecule has 4 aliphatic rings. The Balaban J connectivity index is 1.62. The van der Waals surface area contributed by atoms with Crippen LogP contribution < -0.4 is 0 Å².